The van der Waals surface area contributed by atoms with Crippen molar-refractivity contribution in [3.8, 4) is 11.4 Å². The lowest BCUT2D eigenvalue weighted by molar-refractivity contribution is -0.141. The van der Waals surface area contributed by atoms with E-state index in [0.717, 1.165) is 6.07 Å². The summed E-state index contributed by atoms with van der Waals surface area (Å²) in [5.41, 5.74) is 6.21. The summed E-state index contributed by atoms with van der Waals surface area (Å²) in [7, 11) is 0. The molecule has 0 fully saturated rings. The van der Waals surface area contributed by atoms with Gasteiger partial charge < -0.3 is 21.1 Å². The molecule has 3 aromatic rings. The number of aliphatic hydroxyl groups excluding tert-OH is 1. The first kappa shape index (κ1) is 21.9. The number of aromatic nitrogens is 4. The zero-order valence-electron chi connectivity index (χ0n) is 15.8. The highest BCUT2D eigenvalue weighted by Crippen LogP contribution is 2.28. The highest BCUT2D eigenvalue weighted by Gasteiger charge is 2.33. The standard InChI is InChI=1S/C18H19F3N6O2S/c1-2-10(22)15(17-23-9(7-28)8-30-17)25-16(29)13-4-3-11(24-13)12-5-6-14(27-26-12)18(19,20)21/h3-6,8,10,15,24,28H,2,7,22H2,1H3,(H,25,29). The lowest BCUT2D eigenvalue weighted by Crippen LogP contribution is -2.40. The van der Waals surface area contributed by atoms with Gasteiger partial charge in [-0.05, 0) is 30.7 Å². The van der Waals surface area contributed by atoms with Crippen LogP contribution in [-0.4, -0.2) is 37.2 Å². The van der Waals surface area contributed by atoms with Crippen molar-refractivity contribution < 1.29 is 23.1 Å². The number of amides is 1. The number of carbonyl (C=O) groups excluding carboxylic acids is 1. The molecule has 30 heavy (non-hydrogen) atoms. The molecule has 160 valence electrons. The largest absolute Gasteiger partial charge is 0.435 e. The second-order valence-electron chi connectivity index (χ2n) is 6.45. The highest BCUT2D eigenvalue weighted by atomic mass is 32.1. The van der Waals surface area contributed by atoms with E-state index in [-0.39, 0.29) is 18.0 Å². The number of hydrogen-bond acceptors (Lipinski definition) is 7. The number of H-pyrrole nitrogens is 1. The number of hydrogen-bond donors (Lipinski definition) is 4. The number of aromatic amines is 1. The molecule has 0 spiro atoms. The van der Waals surface area contributed by atoms with Crippen molar-refractivity contribution in [3.05, 3.63) is 51.7 Å². The number of nitrogens with one attached hydrogen (secondary N) is 2. The normalized spacial score (nSPS) is 13.8. The summed E-state index contributed by atoms with van der Waals surface area (Å²) in [4.78, 5) is 19.8. The van der Waals surface area contributed by atoms with Crippen LogP contribution in [0.4, 0.5) is 13.2 Å². The van der Waals surface area contributed by atoms with Crippen molar-refractivity contribution in [2.75, 3.05) is 0 Å². The van der Waals surface area contributed by atoms with Gasteiger partial charge in [0, 0.05) is 11.4 Å². The molecule has 0 saturated carbocycles. The van der Waals surface area contributed by atoms with Gasteiger partial charge in [0.25, 0.3) is 5.91 Å². The Morgan fingerprint density at radius 1 is 1.30 bits per heavy atom. The molecule has 3 aromatic heterocycles. The van der Waals surface area contributed by atoms with Crippen LogP contribution in [0.15, 0.2) is 29.6 Å². The van der Waals surface area contributed by atoms with Crippen LogP contribution < -0.4 is 11.1 Å². The van der Waals surface area contributed by atoms with Crippen LogP contribution >= 0.6 is 11.3 Å². The number of nitrogens with two attached hydrogens (primary N) is 1. The van der Waals surface area contributed by atoms with Gasteiger partial charge in [0.15, 0.2) is 5.69 Å². The average Bonchev–Trinajstić information content (AvgIpc) is 3.40. The Hall–Kier alpha value is -2.83. The number of halogens is 3. The highest BCUT2D eigenvalue weighted by molar-refractivity contribution is 7.09. The average molecular weight is 440 g/mol. The van der Waals surface area contributed by atoms with Gasteiger partial charge in [0.2, 0.25) is 0 Å². The van der Waals surface area contributed by atoms with Crippen LogP contribution in [0.25, 0.3) is 11.4 Å². The van der Waals surface area contributed by atoms with Crippen molar-refractivity contribution >= 4 is 17.2 Å². The van der Waals surface area contributed by atoms with Crippen molar-refractivity contribution in [2.24, 2.45) is 5.73 Å². The Labute approximate surface area is 173 Å². The molecule has 0 saturated heterocycles. The SMILES string of the molecule is CCC(N)C(NC(=O)c1ccc(-c2ccc(C(F)(F)F)nn2)[nH]1)c1nc(CO)cs1. The van der Waals surface area contributed by atoms with Crippen molar-refractivity contribution in [1.82, 2.24) is 25.5 Å². The van der Waals surface area contributed by atoms with E-state index in [0.29, 0.717) is 22.8 Å². The van der Waals surface area contributed by atoms with Crippen LogP contribution in [0.3, 0.4) is 0 Å². The molecular weight excluding hydrogens is 421 g/mol. The quantitative estimate of drug-likeness (QED) is 0.447. The number of thiazole rings is 1. The topological polar surface area (TPSA) is 130 Å². The van der Waals surface area contributed by atoms with Gasteiger partial charge in [0.05, 0.1) is 24.0 Å². The van der Waals surface area contributed by atoms with Crippen LogP contribution in [0.1, 0.15) is 46.3 Å². The number of rotatable bonds is 7. The van der Waals surface area contributed by atoms with E-state index in [9.17, 15) is 23.1 Å². The minimum atomic E-state index is -4.58. The Morgan fingerprint density at radius 2 is 2.07 bits per heavy atom. The molecule has 1 amide bonds. The van der Waals surface area contributed by atoms with E-state index in [4.69, 9.17) is 5.73 Å². The third-order valence-electron chi connectivity index (χ3n) is 4.35. The molecule has 0 aromatic carbocycles. The lowest BCUT2D eigenvalue weighted by atomic mass is 10.1. The molecule has 5 N–H and O–H groups in total. The molecule has 3 rings (SSSR count). The van der Waals surface area contributed by atoms with E-state index in [2.05, 4.69) is 25.5 Å². The Kier molecular flexibility index (Phi) is 6.48. The molecular formula is C18H19F3N6O2S. The molecule has 12 heteroatoms. The molecule has 0 radical (unpaired) electrons. The van der Waals surface area contributed by atoms with Gasteiger partial charge in [-0.3, -0.25) is 4.79 Å². The summed E-state index contributed by atoms with van der Waals surface area (Å²) in [6.07, 6.45) is -4.00. The number of carbonyl (C=O) groups is 1. The van der Waals surface area contributed by atoms with E-state index >= 15 is 0 Å². The second-order valence-corrected chi connectivity index (χ2v) is 7.34. The van der Waals surface area contributed by atoms with E-state index in [1.165, 1.54) is 29.5 Å². The zero-order valence-corrected chi connectivity index (χ0v) is 16.6. The van der Waals surface area contributed by atoms with Crippen molar-refractivity contribution in [2.45, 2.75) is 38.2 Å². The first-order valence-corrected chi connectivity index (χ1v) is 9.82. The minimum absolute atomic E-state index is 0.163. The molecule has 2 unspecified atom stereocenters. The number of nitrogens with zero attached hydrogens (tertiary/aromatic N) is 3. The van der Waals surface area contributed by atoms with Crippen LogP contribution in [0.2, 0.25) is 0 Å². The van der Waals surface area contributed by atoms with Gasteiger partial charge in [-0.25, -0.2) is 4.98 Å². The Balaban J connectivity index is 1.77. The van der Waals surface area contributed by atoms with Gasteiger partial charge in [-0.15, -0.1) is 21.5 Å². The predicted octanol–water partition coefficient (Wildman–Crippen LogP) is 2.65. The smallest absolute Gasteiger partial charge is 0.390 e. The maximum Gasteiger partial charge on any atom is 0.435 e. The Bertz CT molecular complexity index is 1000. The van der Waals surface area contributed by atoms with Gasteiger partial charge in [-0.1, -0.05) is 6.92 Å². The third-order valence-corrected chi connectivity index (χ3v) is 5.32. The van der Waals surface area contributed by atoms with Gasteiger partial charge in [-0.2, -0.15) is 13.2 Å². The molecule has 2 atom stereocenters. The molecule has 8 nitrogen and oxygen atoms in total. The third kappa shape index (κ3) is 4.83. The fourth-order valence-electron chi connectivity index (χ4n) is 2.65. The fraction of sp³-hybridized carbons (Fsp3) is 0.333. The van der Waals surface area contributed by atoms with Crippen molar-refractivity contribution in [3.63, 3.8) is 0 Å². The molecule has 3 heterocycles. The number of aliphatic hydroxyl groups is 1. The summed E-state index contributed by atoms with van der Waals surface area (Å²) >= 11 is 1.28. The predicted molar refractivity (Wildman–Crippen MR) is 103 cm³/mol. The van der Waals surface area contributed by atoms with Crippen LogP contribution in [-0.2, 0) is 12.8 Å². The minimum Gasteiger partial charge on any atom is -0.390 e. The maximum atomic E-state index is 12.7. The van der Waals surface area contributed by atoms with Gasteiger partial charge >= 0.3 is 6.18 Å². The summed E-state index contributed by atoms with van der Waals surface area (Å²) in [6, 6.07) is 4.03. The maximum absolute atomic E-state index is 12.7. The molecule has 0 bridgehead atoms. The first-order valence-electron chi connectivity index (χ1n) is 8.94. The fourth-order valence-corrected chi connectivity index (χ4v) is 3.58. The van der Waals surface area contributed by atoms with Crippen molar-refractivity contribution in [1.29, 1.82) is 0 Å². The first-order chi connectivity index (χ1) is 14.2. The molecule has 0 aliphatic carbocycles. The van der Waals surface area contributed by atoms with E-state index in [1.54, 1.807) is 5.38 Å². The monoisotopic (exact) mass is 440 g/mol. The summed E-state index contributed by atoms with van der Waals surface area (Å²) < 4.78 is 37.9. The summed E-state index contributed by atoms with van der Waals surface area (Å²) in [6.45, 7) is 1.66. The summed E-state index contributed by atoms with van der Waals surface area (Å²) in [5, 5.41) is 21.0. The summed E-state index contributed by atoms with van der Waals surface area (Å²) in [5.74, 6) is -0.462. The van der Waals surface area contributed by atoms with Gasteiger partial charge in [0.1, 0.15) is 16.4 Å². The lowest BCUT2D eigenvalue weighted by Gasteiger charge is -2.22. The van der Waals surface area contributed by atoms with Crippen LogP contribution in [0, 0.1) is 0 Å². The second kappa shape index (κ2) is 8.90. The molecule has 0 aliphatic rings. The van der Waals surface area contributed by atoms with E-state index < -0.39 is 29.9 Å². The van der Waals surface area contributed by atoms with Crippen LogP contribution in [0.5, 0.6) is 0 Å². The number of alkyl halides is 3. The molecule has 0 aliphatic heterocycles. The Morgan fingerprint density at radius 3 is 2.63 bits per heavy atom. The van der Waals surface area contributed by atoms with E-state index in [1.807, 2.05) is 6.92 Å². The zero-order chi connectivity index (χ0) is 21.9.